The minimum atomic E-state index is 0.264. The second-order valence-electron chi connectivity index (χ2n) is 9.06. The number of carbonyl (C=O) groups is 1. The van der Waals surface area contributed by atoms with Gasteiger partial charge in [-0.15, -0.1) is 0 Å². The summed E-state index contributed by atoms with van der Waals surface area (Å²) in [6.07, 6.45) is 4.95. The Morgan fingerprint density at radius 3 is 2.53 bits per heavy atom. The highest BCUT2D eigenvalue weighted by Gasteiger charge is 2.36. The van der Waals surface area contributed by atoms with Crippen molar-refractivity contribution < 1.29 is 4.79 Å². The van der Waals surface area contributed by atoms with Crippen LogP contribution in [0, 0.1) is 0 Å². The van der Waals surface area contributed by atoms with E-state index in [1.54, 1.807) is 0 Å². The summed E-state index contributed by atoms with van der Waals surface area (Å²) in [7, 11) is 0. The number of hydrogen-bond donors (Lipinski definition) is 1. The number of fused-ring (bicyclic) bond motifs is 3. The lowest BCUT2D eigenvalue weighted by molar-refractivity contribution is -0.132. The van der Waals surface area contributed by atoms with Gasteiger partial charge >= 0.3 is 0 Å². The van der Waals surface area contributed by atoms with Gasteiger partial charge in [-0.1, -0.05) is 48.5 Å². The smallest absolute Gasteiger partial charge is 0.223 e. The molecule has 30 heavy (non-hydrogen) atoms. The Balaban J connectivity index is 1.56. The van der Waals surface area contributed by atoms with Crippen molar-refractivity contribution in [3.05, 3.63) is 65.7 Å². The van der Waals surface area contributed by atoms with Gasteiger partial charge in [-0.25, -0.2) is 0 Å². The van der Waals surface area contributed by atoms with Gasteiger partial charge < -0.3 is 10.2 Å². The molecule has 0 saturated carbocycles. The number of aryl methyl sites for hydroxylation is 1. The van der Waals surface area contributed by atoms with Crippen molar-refractivity contribution in [2.45, 2.75) is 70.6 Å². The van der Waals surface area contributed by atoms with Crippen molar-refractivity contribution >= 4 is 11.6 Å². The normalized spacial score (nSPS) is 22.3. The van der Waals surface area contributed by atoms with Crippen LogP contribution >= 0.6 is 0 Å². The van der Waals surface area contributed by atoms with Gasteiger partial charge in [-0.2, -0.15) is 0 Å². The molecular weight excluding hydrogens is 370 g/mol. The molecule has 0 spiro atoms. The Morgan fingerprint density at radius 2 is 1.73 bits per heavy atom. The zero-order valence-electron chi connectivity index (χ0n) is 18.4. The van der Waals surface area contributed by atoms with Gasteiger partial charge in [0.05, 0.1) is 0 Å². The van der Waals surface area contributed by atoms with Crippen molar-refractivity contribution in [3.8, 4) is 0 Å². The van der Waals surface area contributed by atoms with Crippen LogP contribution in [0.15, 0.2) is 54.6 Å². The number of benzene rings is 2. The fraction of sp³-hybridized carbons (Fsp3) is 0.500. The highest BCUT2D eigenvalue weighted by Crippen LogP contribution is 2.31. The number of rotatable bonds is 4. The lowest BCUT2D eigenvalue weighted by Crippen LogP contribution is -2.48. The minimum absolute atomic E-state index is 0.264. The maximum Gasteiger partial charge on any atom is 0.223 e. The van der Waals surface area contributed by atoms with Crippen LogP contribution in [0.4, 0.5) is 5.69 Å². The second-order valence-corrected chi connectivity index (χ2v) is 9.06. The number of nitrogens with zero attached hydrogens (tertiary/aromatic N) is 2. The van der Waals surface area contributed by atoms with E-state index in [1.165, 1.54) is 29.7 Å². The maximum atomic E-state index is 13.4. The largest absolute Gasteiger partial charge is 0.385 e. The average Bonchev–Trinajstić information content (AvgIpc) is 3.14. The summed E-state index contributed by atoms with van der Waals surface area (Å²) >= 11 is 0. The maximum absolute atomic E-state index is 13.4. The number of anilines is 1. The first-order chi connectivity index (χ1) is 14.6. The van der Waals surface area contributed by atoms with Gasteiger partial charge in [0.15, 0.2) is 0 Å². The molecule has 2 aromatic rings. The van der Waals surface area contributed by atoms with Crippen LogP contribution in [0.5, 0.6) is 0 Å². The number of carbonyl (C=O) groups excluding carboxylic acids is 1. The van der Waals surface area contributed by atoms with Crippen molar-refractivity contribution in [1.82, 2.24) is 9.80 Å². The molecule has 2 aromatic carbocycles. The summed E-state index contributed by atoms with van der Waals surface area (Å²) in [6, 6.07) is 20.4. The highest BCUT2D eigenvalue weighted by atomic mass is 16.2. The van der Waals surface area contributed by atoms with E-state index in [2.05, 4.69) is 65.4 Å². The van der Waals surface area contributed by atoms with E-state index >= 15 is 0 Å². The van der Waals surface area contributed by atoms with Gasteiger partial charge in [0.1, 0.15) is 0 Å². The first-order valence-electron chi connectivity index (χ1n) is 11.5. The van der Waals surface area contributed by atoms with Crippen molar-refractivity contribution in [1.29, 1.82) is 0 Å². The van der Waals surface area contributed by atoms with E-state index in [0.29, 0.717) is 31.1 Å². The Kier molecular flexibility index (Phi) is 6.73. The summed E-state index contributed by atoms with van der Waals surface area (Å²) in [6.45, 7) is 7.10. The number of para-hydroxylation sites is 1. The number of nitrogens with one attached hydrogen (secondary N) is 1. The number of hydrogen-bond acceptors (Lipinski definition) is 3. The zero-order valence-corrected chi connectivity index (χ0v) is 18.4. The lowest BCUT2D eigenvalue weighted by Gasteiger charge is -2.36. The van der Waals surface area contributed by atoms with E-state index < -0.39 is 0 Å². The molecule has 160 valence electrons. The second kappa shape index (κ2) is 9.65. The predicted octanol–water partition coefficient (Wildman–Crippen LogP) is 4.71. The molecule has 0 aliphatic carbocycles. The Hall–Kier alpha value is -2.33. The van der Waals surface area contributed by atoms with E-state index in [9.17, 15) is 4.79 Å². The third-order valence-electron chi connectivity index (χ3n) is 6.70. The van der Waals surface area contributed by atoms with Crippen LogP contribution in [0.2, 0.25) is 0 Å². The molecule has 2 heterocycles. The Bertz CT molecular complexity index is 835. The van der Waals surface area contributed by atoms with Crippen molar-refractivity contribution in [2.24, 2.45) is 0 Å². The molecule has 2 aliphatic heterocycles. The molecule has 2 atom stereocenters. The van der Waals surface area contributed by atoms with E-state index in [4.69, 9.17) is 0 Å². The van der Waals surface area contributed by atoms with Crippen molar-refractivity contribution in [2.75, 3.05) is 18.4 Å². The topological polar surface area (TPSA) is 35.6 Å². The van der Waals surface area contributed by atoms with E-state index in [0.717, 1.165) is 25.9 Å². The monoisotopic (exact) mass is 405 g/mol. The molecule has 4 rings (SSSR count). The third kappa shape index (κ3) is 4.86. The summed E-state index contributed by atoms with van der Waals surface area (Å²) in [4.78, 5) is 18.2. The van der Waals surface area contributed by atoms with Crippen LogP contribution in [0.25, 0.3) is 0 Å². The van der Waals surface area contributed by atoms with Crippen LogP contribution in [-0.2, 0) is 17.8 Å². The van der Waals surface area contributed by atoms with Crippen LogP contribution in [-0.4, -0.2) is 46.9 Å². The lowest BCUT2D eigenvalue weighted by atomic mass is 10.1. The molecule has 1 saturated heterocycles. The quantitative estimate of drug-likeness (QED) is 0.800. The van der Waals surface area contributed by atoms with Crippen LogP contribution in [0.1, 0.15) is 50.7 Å². The minimum Gasteiger partial charge on any atom is -0.385 e. The SMILES string of the molecule is CC(C)N1[C@H]2CCNc3ccccc3CN(C(=O)CCc3ccccc3)C[C@@H]1CC2. The van der Waals surface area contributed by atoms with Gasteiger partial charge in [-0.3, -0.25) is 9.69 Å². The Labute approximate surface area is 181 Å². The molecule has 1 amide bonds. The first-order valence-corrected chi connectivity index (χ1v) is 11.5. The van der Waals surface area contributed by atoms with Gasteiger partial charge in [-0.05, 0) is 56.7 Å². The van der Waals surface area contributed by atoms with Crippen LogP contribution < -0.4 is 5.32 Å². The van der Waals surface area contributed by atoms with E-state index in [1.807, 2.05) is 18.2 Å². The molecular formula is C26H35N3O. The standard InChI is InChI=1S/C26H35N3O/c1-20(2)29-23-13-14-24(29)19-28(26(30)15-12-21-8-4-3-5-9-21)18-22-10-6-7-11-25(22)27-17-16-23/h3-11,20,23-24,27H,12-19H2,1-2H3/t23-,24+/m1/s1. The summed E-state index contributed by atoms with van der Waals surface area (Å²) in [5.74, 6) is 0.264. The van der Waals surface area contributed by atoms with Crippen molar-refractivity contribution in [3.63, 3.8) is 0 Å². The van der Waals surface area contributed by atoms with Crippen LogP contribution in [0.3, 0.4) is 0 Å². The molecule has 2 aliphatic rings. The molecule has 1 fully saturated rings. The molecule has 0 radical (unpaired) electrons. The fourth-order valence-electron chi connectivity index (χ4n) is 5.28. The van der Waals surface area contributed by atoms with E-state index in [-0.39, 0.29) is 5.91 Å². The molecule has 0 aromatic heterocycles. The van der Waals surface area contributed by atoms with Gasteiger partial charge in [0.25, 0.3) is 0 Å². The molecule has 0 unspecified atom stereocenters. The third-order valence-corrected chi connectivity index (χ3v) is 6.70. The summed E-state index contributed by atoms with van der Waals surface area (Å²) in [5, 5.41) is 3.66. The first kappa shape index (κ1) is 20.9. The summed E-state index contributed by atoms with van der Waals surface area (Å²) < 4.78 is 0. The number of amides is 1. The van der Waals surface area contributed by atoms with Gasteiger partial charge in [0, 0.05) is 49.9 Å². The predicted molar refractivity (Wildman–Crippen MR) is 124 cm³/mol. The molecule has 4 heteroatoms. The fourth-order valence-corrected chi connectivity index (χ4v) is 5.28. The average molecular weight is 406 g/mol. The molecule has 2 bridgehead atoms. The highest BCUT2D eigenvalue weighted by molar-refractivity contribution is 5.77. The molecule has 1 N–H and O–H groups in total. The Morgan fingerprint density at radius 1 is 1.00 bits per heavy atom. The van der Waals surface area contributed by atoms with Gasteiger partial charge in [0.2, 0.25) is 5.91 Å². The zero-order chi connectivity index (χ0) is 20.9. The molecule has 4 nitrogen and oxygen atoms in total. The summed E-state index contributed by atoms with van der Waals surface area (Å²) in [5.41, 5.74) is 3.63.